The minimum absolute atomic E-state index is 0.0937. The maximum Gasteiger partial charge on any atom is 0.0162 e. The summed E-state index contributed by atoms with van der Waals surface area (Å²) in [5.41, 5.74) is 8.16. The Bertz CT molecular complexity index is 409. The highest BCUT2D eigenvalue weighted by molar-refractivity contribution is 5.26. The standard InChI is InChI=1S/C17H25N/c1-17(2,14-6-4-3-5-7-14)16(18)15-11-12-8-9-13(15)10-12/h3-7,12-13,15-16H,8-11,18H2,1-2H3. The van der Waals surface area contributed by atoms with E-state index in [1.54, 1.807) is 0 Å². The fourth-order valence-electron chi connectivity index (χ4n) is 4.33. The van der Waals surface area contributed by atoms with Gasteiger partial charge in [0.15, 0.2) is 0 Å². The molecule has 0 amide bonds. The smallest absolute Gasteiger partial charge is 0.0162 e. The fraction of sp³-hybridized carbons (Fsp3) is 0.647. The summed E-state index contributed by atoms with van der Waals surface area (Å²) in [4.78, 5) is 0. The molecule has 0 radical (unpaired) electrons. The van der Waals surface area contributed by atoms with E-state index in [9.17, 15) is 0 Å². The van der Waals surface area contributed by atoms with Crippen LogP contribution in [0.1, 0.15) is 45.1 Å². The summed E-state index contributed by atoms with van der Waals surface area (Å²) < 4.78 is 0. The van der Waals surface area contributed by atoms with Gasteiger partial charge in [0.2, 0.25) is 0 Å². The molecule has 0 heterocycles. The molecule has 0 saturated heterocycles. The summed E-state index contributed by atoms with van der Waals surface area (Å²) in [6.45, 7) is 4.64. The lowest BCUT2D eigenvalue weighted by molar-refractivity contribution is 0.217. The van der Waals surface area contributed by atoms with Gasteiger partial charge in [-0.15, -0.1) is 0 Å². The first-order valence-corrected chi connectivity index (χ1v) is 7.40. The van der Waals surface area contributed by atoms with E-state index in [2.05, 4.69) is 44.2 Å². The summed E-state index contributed by atoms with van der Waals surface area (Å²) in [5.74, 6) is 2.64. The van der Waals surface area contributed by atoms with E-state index < -0.39 is 0 Å². The molecular formula is C17H25N. The molecule has 1 heteroatoms. The van der Waals surface area contributed by atoms with E-state index in [0.29, 0.717) is 6.04 Å². The average molecular weight is 243 g/mol. The third kappa shape index (κ3) is 1.89. The van der Waals surface area contributed by atoms with E-state index in [0.717, 1.165) is 17.8 Å². The minimum atomic E-state index is 0.0937. The number of fused-ring (bicyclic) bond motifs is 2. The molecule has 4 unspecified atom stereocenters. The van der Waals surface area contributed by atoms with Crippen LogP contribution in [-0.2, 0) is 5.41 Å². The lowest BCUT2D eigenvalue weighted by Crippen LogP contribution is -2.47. The lowest BCUT2D eigenvalue weighted by Gasteiger charge is -2.39. The van der Waals surface area contributed by atoms with Gasteiger partial charge in [-0.1, -0.05) is 50.6 Å². The van der Waals surface area contributed by atoms with E-state index in [1.165, 1.54) is 31.2 Å². The van der Waals surface area contributed by atoms with Gasteiger partial charge in [0.1, 0.15) is 0 Å². The third-order valence-corrected chi connectivity index (χ3v) is 5.61. The van der Waals surface area contributed by atoms with Crippen LogP contribution in [0.15, 0.2) is 30.3 Å². The molecule has 1 aromatic rings. The molecule has 2 saturated carbocycles. The van der Waals surface area contributed by atoms with Crippen molar-refractivity contribution in [2.24, 2.45) is 23.5 Å². The quantitative estimate of drug-likeness (QED) is 0.860. The molecule has 4 atom stereocenters. The molecule has 2 bridgehead atoms. The predicted octanol–water partition coefficient (Wildman–Crippen LogP) is 3.73. The van der Waals surface area contributed by atoms with Crippen molar-refractivity contribution in [2.75, 3.05) is 0 Å². The Hall–Kier alpha value is -0.820. The first kappa shape index (κ1) is 12.2. The zero-order valence-electron chi connectivity index (χ0n) is 11.6. The summed E-state index contributed by atoms with van der Waals surface area (Å²) in [6, 6.07) is 11.1. The molecule has 0 aliphatic heterocycles. The molecule has 1 aromatic carbocycles. The Morgan fingerprint density at radius 2 is 1.83 bits per heavy atom. The van der Waals surface area contributed by atoms with Gasteiger partial charge in [-0.05, 0) is 42.6 Å². The number of hydrogen-bond donors (Lipinski definition) is 1. The van der Waals surface area contributed by atoms with Gasteiger partial charge in [0.05, 0.1) is 0 Å². The van der Waals surface area contributed by atoms with Crippen LogP contribution in [-0.4, -0.2) is 6.04 Å². The molecular weight excluding hydrogens is 218 g/mol. The Morgan fingerprint density at radius 3 is 2.39 bits per heavy atom. The Labute approximate surface area is 111 Å². The maximum atomic E-state index is 6.68. The summed E-state index contributed by atoms with van der Waals surface area (Å²) in [5, 5.41) is 0. The first-order chi connectivity index (χ1) is 8.59. The molecule has 1 nitrogen and oxygen atoms in total. The van der Waals surface area contributed by atoms with Crippen molar-refractivity contribution in [3.05, 3.63) is 35.9 Å². The summed E-state index contributed by atoms with van der Waals surface area (Å²) >= 11 is 0. The molecule has 18 heavy (non-hydrogen) atoms. The average Bonchev–Trinajstić information content (AvgIpc) is 3.01. The van der Waals surface area contributed by atoms with Gasteiger partial charge in [-0.3, -0.25) is 0 Å². The Balaban J connectivity index is 1.81. The number of hydrogen-bond acceptors (Lipinski definition) is 1. The second-order valence-corrected chi connectivity index (χ2v) is 6.95. The van der Waals surface area contributed by atoms with Gasteiger partial charge in [0.25, 0.3) is 0 Å². The SMILES string of the molecule is CC(C)(c1ccccc1)C(N)C1CC2CCC1C2. The van der Waals surface area contributed by atoms with Crippen LogP contribution in [0.5, 0.6) is 0 Å². The number of nitrogens with two attached hydrogens (primary N) is 1. The largest absolute Gasteiger partial charge is 0.327 e. The van der Waals surface area contributed by atoms with E-state index in [1.807, 2.05) is 0 Å². The monoisotopic (exact) mass is 243 g/mol. The second-order valence-electron chi connectivity index (χ2n) is 6.95. The van der Waals surface area contributed by atoms with Crippen molar-refractivity contribution in [3.8, 4) is 0 Å². The van der Waals surface area contributed by atoms with E-state index in [-0.39, 0.29) is 5.41 Å². The van der Waals surface area contributed by atoms with E-state index >= 15 is 0 Å². The van der Waals surface area contributed by atoms with Crippen LogP contribution in [0.2, 0.25) is 0 Å². The van der Waals surface area contributed by atoms with Crippen molar-refractivity contribution in [3.63, 3.8) is 0 Å². The summed E-state index contributed by atoms with van der Waals surface area (Å²) in [6.07, 6.45) is 5.71. The normalized spacial score (nSPS) is 32.7. The van der Waals surface area contributed by atoms with Crippen LogP contribution in [0.4, 0.5) is 0 Å². The molecule has 0 aromatic heterocycles. The Kier molecular flexibility index (Phi) is 2.97. The number of benzene rings is 1. The van der Waals surface area contributed by atoms with Crippen molar-refractivity contribution in [1.82, 2.24) is 0 Å². The lowest BCUT2D eigenvalue weighted by atomic mass is 9.69. The predicted molar refractivity (Wildman–Crippen MR) is 76.4 cm³/mol. The van der Waals surface area contributed by atoms with Crippen LogP contribution in [0, 0.1) is 17.8 Å². The molecule has 2 N–H and O–H groups in total. The second kappa shape index (κ2) is 4.38. The van der Waals surface area contributed by atoms with Crippen LogP contribution < -0.4 is 5.73 Å². The van der Waals surface area contributed by atoms with Crippen LogP contribution in [0.25, 0.3) is 0 Å². The van der Waals surface area contributed by atoms with Crippen molar-refractivity contribution >= 4 is 0 Å². The zero-order chi connectivity index (χ0) is 12.8. The molecule has 98 valence electrons. The topological polar surface area (TPSA) is 26.0 Å². The molecule has 3 rings (SSSR count). The van der Waals surface area contributed by atoms with E-state index in [4.69, 9.17) is 5.73 Å². The molecule has 2 aliphatic rings. The van der Waals surface area contributed by atoms with Gasteiger partial charge in [0, 0.05) is 11.5 Å². The Morgan fingerprint density at radius 1 is 1.11 bits per heavy atom. The van der Waals surface area contributed by atoms with Crippen LogP contribution >= 0.6 is 0 Å². The van der Waals surface area contributed by atoms with Crippen molar-refractivity contribution < 1.29 is 0 Å². The highest BCUT2D eigenvalue weighted by atomic mass is 14.7. The van der Waals surface area contributed by atoms with Gasteiger partial charge >= 0.3 is 0 Å². The zero-order valence-corrected chi connectivity index (χ0v) is 11.6. The van der Waals surface area contributed by atoms with Crippen molar-refractivity contribution in [2.45, 2.75) is 51.0 Å². The fourth-order valence-corrected chi connectivity index (χ4v) is 4.33. The maximum absolute atomic E-state index is 6.68. The van der Waals surface area contributed by atoms with Gasteiger partial charge in [-0.25, -0.2) is 0 Å². The van der Waals surface area contributed by atoms with Gasteiger partial charge in [-0.2, -0.15) is 0 Å². The minimum Gasteiger partial charge on any atom is -0.327 e. The third-order valence-electron chi connectivity index (χ3n) is 5.61. The molecule has 2 aliphatic carbocycles. The first-order valence-electron chi connectivity index (χ1n) is 7.40. The number of rotatable bonds is 3. The highest BCUT2D eigenvalue weighted by Crippen LogP contribution is 2.51. The van der Waals surface area contributed by atoms with Gasteiger partial charge < -0.3 is 5.73 Å². The highest BCUT2D eigenvalue weighted by Gasteiger charge is 2.46. The molecule has 2 fully saturated rings. The summed E-state index contributed by atoms with van der Waals surface area (Å²) in [7, 11) is 0. The van der Waals surface area contributed by atoms with Crippen molar-refractivity contribution in [1.29, 1.82) is 0 Å². The molecule has 0 spiro atoms. The van der Waals surface area contributed by atoms with Crippen LogP contribution in [0.3, 0.4) is 0 Å².